The average molecular weight is 420 g/mol. The maximum absolute atomic E-state index is 12.9. The van der Waals surface area contributed by atoms with Crippen LogP contribution in [0.15, 0.2) is 42.5 Å². The fraction of sp³-hybridized carbons (Fsp3) is 0.333. The van der Waals surface area contributed by atoms with Gasteiger partial charge in [-0.05, 0) is 24.1 Å². The molecule has 0 radical (unpaired) electrons. The molecule has 3 aromatic rings. The van der Waals surface area contributed by atoms with Crippen LogP contribution < -0.4 is 5.32 Å². The van der Waals surface area contributed by atoms with E-state index in [1.165, 1.54) is 0 Å². The van der Waals surface area contributed by atoms with Gasteiger partial charge < -0.3 is 14.6 Å². The molecule has 0 saturated heterocycles. The third-order valence-electron chi connectivity index (χ3n) is 4.62. The topological polar surface area (TPSA) is 56.1 Å². The molecule has 0 unspecified atom stereocenters. The van der Waals surface area contributed by atoms with Crippen LogP contribution in [0.1, 0.15) is 30.8 Å². The average Bonchev–Trinajstić information content (AvgIpc) is 3.01. The molecule has 7 heteroatoms. The molecule has 1 N–H and O–H groups in total. The van der Waals surface area contributed by atoms with Gasteiger partial charge in [-0.1, -0.05) is 60.5 Å². The molecule has 0 aliphatic carbocycles. The van der Waals surface area contributed by atoms with Crippen LogP contribution in [0.3, 0.4) is 0 Å². The Morgan fingerprint density at radius 2 is 1.93 bits per heavy atom. The minimum Gasteiger partial charge on any atom is -0.383 e. The molecule has 0 aliphatic rings. The summed E-state index contributed by atoms with van der Waals surface area (Å²) < 4.78 is 7.01. The van der Waals surface area contributed by atoms with Gasteiger partial charge in [0.25, 0.3) is 0 Å². The molecule has 0 saturated carbocycles. The molecular weight excluding hydrogens is 397 g/mol. The summed E-state index contributed by atoms with van der Waals surface area (Å²) in [5, 5.41) is 3.82. The van der Waals surface area contributed by atoms with Crippen molar-refractivity contribution in [2.24, 2.45) is 0 Å². The predicted octanol–water partition coefficient (Wildman–Crippen LogP) is 4.65. The van der Waals surface area contributed by atoms with Gasteiger partial charge in [-0.15, -0.1) is 0 Å². The molecule has 1 aromatic heterocycles. The van der Waals surface area contributed by atoms with Gasteiger partial charge in [-0.25, -0.2) is 4.98 Å². The number of amides is 1. The standard InChI is InChI=1S/C21H23Cl2N3O2/c1-3-18(21(27)24-9-10-28-2)26-19-13-16(23)15(22)12-17(19)25-20(26)11-14-7-5-4-6-8-14/h4-8,12-13,18H,3,9-11H2,1-2H3,(H,24,27)/t18-/m0/s1. The van der Waals surface area contributed by atoms with Gasteiger partial charge in [0, 0.05) is 20.1 Å². The molecule has 28 heavy (non-hydrogen) atoms. The second-order valence-corrected chi connectivity index (χ2v) is 7.34. The van der Waals surface area contributed by atoms with E-state index in [1.807, 2.05) is 41.8 Å². The number of nitrogens with zero attached hydrogens (tertiary/aromatic N) is 2. The van der Waals surface area contributed by atoms with Crippen molar-refractivity contribution in [1.29, 1.82) is 0 Å². The van der Waals surface area contributed by atoms with E-state index in [4.69, 9.17) is 32.9 Å². The Morgan fingerprint density at radius 1 is 1.21 bits per heavy atom. The van der Waals surface area contributed by atoms with Crippen molar-refractivity contribution in [1.82, 2.24) is 14.9 Å². The van der Waals surface area contributed by atoms with Crippen molar-refractivity contribution in [3.8, 4) is 0 Å². The van der Waals surface area contributed by atoms with Gasteiger partial charge in [0.1, 0.15) is 11.9 Å². The maximum Gasteiger partial charge on any atom is 0.243 e. The molecule has 5 nitrogen and oxygen atoms in total. The minimum atomic E-state index is -0.405. The highest BCUT2D eigenvalue weighted by Gasteiger charge is 2.24. The normalized spacial score (nSPS) is 12.3. The number of hydrogen-bond donors (Lipinski definition) is 1. The third-order valence-corrected chi connectivity index (χ3v) is 5.34. The molecule has 3 rings (SSSR count). The number of benzene rings is 2. The number of imidazole rings is 1. The number of fused-ring (bicyclic) bond motifs is 1. The van der Waals surface area contributed by atoms with Gasteiger partial charge in [0.05, 0.1) is 27.7 Å². The largest absolute Gasteiger partial charge is 0.383 e. The lowest BCUT2D eigenvalue weighted by molar-refractivity contribution is -0.124. The van der Waals surface area contributed by atoms with E-state index in [2.05, 4.69) is 5.32 Å². The number of halogens is 2. The first kappa shape index (κ1) is 20.6. The van der Waals surface area contributed by atoms with Crippen molar-refractivity contribution in [2.75, 3.05) is 20.3 Å². The highest BCUT2D eigenvalue weighted by molar-refractivity contribution is 6.42. The van der Waals surface area contributed by atoms with Crippen molar-refractivity contribution in [3.05, 3.63) is 63.9 Å². The van der Waals surface area contributed by atoms with Crippen LogP contribution in [0.4, 0.5) is 0 Å². The van der Waals surface area contributed by atoms with Crippen LogP contribution in [-0.4, -0.2) is 35.7 Å². The van der Waals surface area contributed by atoms with E-state index in [1.54, 1.807) is 19.2 Å². The van der Waals surface area contributed by atoms with E-state index in [0.717, 1.165) is 22.4 Å². The Labute approximate surface area is 174 Å². The quantitative estimate of drug-likeness (QED) is 0.540. The van der Waals surface area contributed by atoms with Crippen LogP contribution in [0, 0.1) is 0 Å². The first-order chi connectivity index (χ1) is 13.5. The van der Waals surface area contributed by atoms with Gasteiger partial charge in [0.2, 0.25) is 5.91 Å². The lowest BCUT2D eigenvalue weighted by Gasteiger charge is -2.20. The Balaban J connectivity index is 2.07. The fourth-order valence-electron chi connectivity index (χ4n) is 3.27. The number of nitrogens with one attached hydrogen (secondary N) is 1. The number of carbonyl (C=O) groups is 1. The summed E-state index contributed by atoms with van der Waals surface area (Å²) >= 11 is 12.5. The zero-order chi connectivity index (χ0) is 20.1. The zero-order valence-corrected chi connectivity index (χ0v) is 17.4. The van der Waals surface area contributed by atoms with Gasteiger partial charge >= 0.3 is 0 Å². The summed E-state index contributed by atoms with van der Waals surface area (Å²) in [5.41, 5.74) is 2.64. The lowest BCUT2D eigenvalue weighted by Crippen LogP contribution is -2.35. The van der Waals surface area contributed by atoms with Crippen molar-refractivity contribution >= 4 is 40.1 Å². The second-order valence-electron chi connectivity index (χ2n) is 6.52. The van der Waals surface area contributed by atoms with Crippen LogP contribution in [0.2, 0.25) is 10.0 Å². The Kier molecular flexibility index (Phi) is 6.94. The van der Waals surface area contributed by atoms with Crippen molar-refractivity contribution in [3.63, 3.8) is 0 Å². The number of methoxy groups -OCH3 is 1. The molecular formula is C21H23Cl2N3O2. The Morgan fingerprint density at radius 3 is 2.61 bits per heavy atom. The summed E-state index contributed by atoms with van der Waals surface area (Å²) in [6.07, 6.45) is 1.22. The van der Waals surface area contributed by atoms with E-state index < -0.39 is 6.04 Å². The SMILES string of the molecule is CC[C@@H](C(=O)NCCOC)n1c(Cc2ccccc2)nc2cc(Cl)c(Cl)cc21. The molecule has 1 amide bonds. The van der Waals surface area contributed by atoms with Gasteiger partial charge in [-0.2, -0.15) is 0 Å². The monoisotopic (exact) mass is 419 g/mol. The molecule has 148 valence electrons. The summed E-state index contributed by atoms with van der Waals surface area (Å²) in [5.74, 6) is 0.729. The second kappa shape index (κ2) is 9.41. The van der Waals surface area contributed by atoms with E-state index in [-0.39, 0.29) is 5.91 Å². The third kappa shape index (κ3) is 4.49. The number of carbonyl (C=O) groups excluding carboxylic acids is 1. The van der Waals surface area contributed by atoms with Crippen LogP contribution in [0.25, 0.3) is 11.0 Å². The maximum atomic E-state index is 12.9. The fourth-order valence-corrected chi connectivity index (χ4v) is 3.59. The van der Waals surface area contributed by atoms with Crippen molar-refractivity contribution < 1.29 is 9.53 Å². The Hall–Kier alpha value is -2.08. The first-order valence-electron chi connectivity index (χ1n) is 9.21. The Bertz CT molecular complexity index is 957. The van der Waals surface area contributed by atoms with Gasteiger partial charge in [0.15, 0.2) is 0 Å². The van der Waals surface area contributed by atoms with Crippen LogP contribution in [0.5, 0.6) is 0 Å². The number of ether oxygens (including phenoxy) is 1. The number of aromatic nitrogens is 2. The smallest absolute Gasteiger partial charge is 0.243 e. The molecule has 0 spiro atoms. The van der Waals surface area contributed by atoms with Crippen LogP contribution in [-0.2, 0) is 16.0 Å². The predicted molar refractivity (Wildman–Crippen MR) is 113 cm³/mol. The zero-order valence-electron chi connectivity index (χ0n) is 15.9. The molecule has 2 aromatic carbocycles. The highest BCUT2D eigenvalue weighted by atomic mass is 35.5. The summed E-state index contributed by atoms with van der Waals surface area (Å²) in [6.45, 7) is 2.90. The van der Waals surface area contributed by atoms with Gasteiger partial charge in [-0.3, -0.25) is 4.79 Å². The number of rotatable bonds is 8. The van der Waals surface area contributed by atoms with E-state index >= 15 is 0 Å². The number of hydrogen-bond acceptors (Lipinski definition) is 3. The van der Waals surface area contributed by atoms with E-state index in [0.29, 0.717) is 36.0 Å². The van der Waals surface area contributed by atoms with Crippen LogP contribution >= 0.6 is 23.2 Å². The molecule has 1 atom stereocenters. The summed E-state index contributed by atoms with van der Waals surface area (Å²) in [6, 6.07) is 13.2. The summed E-state index contributed by atoms with van der Waals surface area (Å²) in [4.78, 5) is 17.6. The molecule has 0 fully saturated rings. The molecule has 1 heterocycles. The molecule has 0 aliphatic heterocycles. The first-order valence-corrected chi connectivity index (χ1v) is 9.97. The van der Waals surface area contributed by atoms with E-state index in [9.17, 15) is 4.79 Å². The molecule has 0 bridgehead atoms. The minimum absolute atomic E-state index is 0.0702. The van der Waals surface area contributed by atoms with Crippen molar-refractivity contribution in [2.45, 2.75) is 25.8 Å². The summed E-state index contributed by atoms with van der Waals surface area (Å²) in [7, 11) is 1.61. The lowest BCUT2D eigenvalue weighted by atomic mass is 10.1. The highest BCUT2D eigenvalue weighted by Crippen LogP contribution is 2.31.